The van der Waals surface area contributed by atoms with Crippen LogP contribution in [0.15, 0.2) is 24.3 Å². The van der Waals surface area contributed by atoms with Crippen molar-refractivity contribution in [2.24, 2.45) is 5.92 Å². The van der Waals surface area contributed by atoms with Crippen LogP contribution in [-0.2, 0) is 11.3 Å². The Morgan fingerprint density at radius 3 is 3.11 bits per heavy atom. The minimum Gasteiger partial charge on any atom is -0.497 e. The summed E-state index contributed by atoms with van der Waals surface area (Å²) in [7, 11) is 1.67. The van der Waals surface area contributed by atoms with Gasteiger partial charge in [0.25, 0.3) is 0 Å². The molecule has 0 aromatic heterocycles. The molecule has 104 valence electrons. The van der Waals surface area contributed by atoms with Crippen LogP contribution in [0.3, 0.4) is 0 Å². The van der Waals surface area contributed by atoms with Crippen molar-refractivity contribution in [2.45, 2.75) is 25.8 Å². The van der Waals surface area contributed by atoms with E-state index in [1.54, 1.807) is 7.11 Å². The molecule has 0 radical (unpaired) electrons. The molecule has 0 aliphatic carbocycles. The lowest BCUT2D eigenvalue weighted by Gasteiger charge is -2.32. The predicted molar refractivity (Wildman–Crippen MR) is 73.2 cm³/mol. The van der Waals surface area contributed by atoms with Crippen LogP contribution in [0.4, 0.5) is 0 Å². The van der Waals surface area contributed by atoms with Crippen LogP contribution in [0.25, 0.3) is 0 Å². The van der Waals surface area contributed by atoms with Gasteiger partial charge in [0, 0.05) is 19.5 Å². The first kappa shape index (κ1) is 13.9. The number of nitrogens with zero attached hydrogens (tertiary/aromatic N) is 1. The fraction of sp³-hybridized carbons (Fsp3) is 0.533. The number of ether oxygens (including phenoxy) is 1. The number of carbonyl (C=O) groups is 1. The number of piperidine rings is 1. The normalized spacial score (nSPS) is 20.2. The fourth-order valence-electron chi connectivity index (χ4n) is 2.74. The maximum absolute atomic E-state index is 10.8. The first-order valence-corrected chi connectivity index (χ1v) is 6.74. The molecule has 1 saturated heterocycles. The number of benzene rings is 1. The lowest BCUT2D eigenvalue weighted by Crippen LogP contribution is -2.35. The molecule has 19 heavy (non-hydrogen) atoms. The molecule has 1 aromatic carbocycles. The molecule has 2 rings (SSSR count). The number of rotatable bonds is 5. The summed E-state index contributed by atoms with van der Waals surface area (Å²) in [6.45, 7) is 2.80. The third kappa shape index (κ3) is 4.24. The number of hydrogen-bond acceptors (Lipinski definition) is 3. The molecule has 0 bridgehead atoms. The van der Waals surface area contributed by atoms with Gasteiger partial charge < -0.3 is 9.84 Å². The Labute approximate surface area is 114 Å². The Bertz CT molecular complexity index is 433. The molecule has 1 unspecified atom stereocenters. The second-order valence-electron chi connectivity index (χ2n) is 5.19. The maximum Gasteiger partial charge on any atom is 0.303 e. The zero-order valence-corrected chi connectivity index (χ0v) is 11.3. The van der Waals surface area contributed by atoms with Gasteiger partial charge in [-0.3, -0.25) is 9.69 Å². The Balaban J connectivity index is 1.92. The second-order valence-corrected chi connectivity index (χ2v) is 5.19. The summed E-state index contributed by atoms with van der Waals surface area (Å²) in [5.74, 6) is 0.474. The molecule has 1 N–H and O–H groups in total. The molecule has 1 aromatic rings. The Morgan fingerprint density at radius 2 is 2.37 bits per heavy atom. The largest absolute Gasteiger partial charge is 0.497 e. The van der Waals surface area contributed by atoms with Crippen molar-refractivity contribution in [2.75, 3.05) is 20.2 Å². The number of likely N-dealkylation sites (tertiary alicyclic amines) is 1. The van der Waals surface area contributed by atoms with Gasteiger partial charge in [-0.15, -0.1) is 0 Å². The lowest BCUT2D eigenvalue weighted by molar-refractivity contribution is -0.138. The van der Waals surface area contributed by atoms with Crippen LogP contribution >= 0.6 is 0 Å². The van der Waals surface area contributed by atoms with E-state index in [-0.39, 0.29) is 12.3 Å². The fourth-order valence-corrected chi connectivity index (χ4v) is 2.74. The van der Waals surface area contributed by atoms with E-state index in [1.807, 2.05) is 18.2 Å². The van der Waals surface area contributed by atoms with Crippen molar-refractivity contribution in [1.29, 1.82) is 0 Å². The summed E-state index contributed by atoms with van der Waals surface area (Å²) in [4.78, 5) is 13.1. The number of aliphatic carboxylic acids is 1. The Morgan fingerprint density at radius 1 is 1.53 bits per heavy atom. The first-order valence-electron chi connectivity index (χ1n) is 6.74. The highest BCUT2D eigenvalue weighted by molar-refractivity contribution is 5.67. The van der Waals surface area contributed by atoms with Gasteiger partial charge in [-0.25, -0.2) is 0 Å². The third-order valence-electron chi connectivity index (χ3n) is 3.61. The molecule has 1 heterocycles. The molecular weight excluding hydrogens is 242 g/mol. The van der Waals surface area contributed by atoms with Crippen molar-refractivity contribution in [3.8, 4) is 5.75 Å². The molecule has 1 aliphatic rings. The smallest absolute Gasteiger partial charge is 0.303 e. The number of hydrogen-bond donors (Lipinski definition) is 1. The maximum atomic E-state index is 10.8. The summed E-state index contributed by atoms with van der Waals surface area (Å²) in [6.07, 6.45) is 2.40. The molecule has 0 amide bonds. The van der Waals surface area contributed by atoms with E-state index >= 15 is 0 Å². The summed E-state index contributed by atoms with van der Waals surface area (Å²) in [5, 5.41) is 8.87. The molecule has 0 spiro atoms. The first-order chi connectivity index (χ1) is 9.17. The minimum absolute atomic E-state index is 0.286. The Hall–Kier alpha value is -1.55. The van der Waals surface area contributed by atoms with E-state index in [0.717, 1.165) is 38.2 Å². The van der Waals surface area contributed by atoms with Gasteiger partial charge >= 0.3 is 5.97 Å². The average Bonchev–Trinajstić information content (AvgIpc) is 2.38. The van der Waals surface area contributed by atoms with Crippen molar-refractivity contribution in [3.63, 3.8) is 0 Å². The molecule has 4 nitrogen and oxygen atoms in total. The predicted octanol–water partition coefficient (Wildman–Crippen LogP) is 2.38. The summed E-state index contributed by atoms with van der Waals surface area (Å²) in [6, 6.07) is 8.06. The third-order valence-corrected chi connectivity index (χ3v) is 3.61. The molecule has 1 atom stereocenters. The van der Waals surface area contributed by atoms with E-state index < -0.39 is 5.97 Å². The molecule has 0 saturated carbocycles. The van der Waals surface area contributed by atoms with Crippen LogP contribution < -0.4 is 4.74 Å². The van der Waals surface area contributed by atoms with E-state index in [2.05, 4.69) is 11.0 Å². The van der Waals surface area contributed by atoms with Gasteiger partial charge in [0.15, 0.2) is 0 Å². The minimum atomic E-state index is -0.687. The van der Waals surface area contributed by atoms with Crippen LogP contribution in [0.5, 0.6) is 5.75 Å². The van der Waals surface area contributed by atoms with Gasteiger partial charge in [-0.2, -0.15) is 0 Å². The highest BCUT2D eigenvalue weighted by Gasteiger charge is 2.21. The van der Waals surface area contributed by atoms with Crippen LogP contribution in [0, 0.1) is 5.92 Å². The van der Waals surface area contributed by atoms with E-state index in [1.165, 1.54) is 5.56 Å². The van der Waals surface area contributed by atoms with Crippen LogP contribution in [-0.4, -0.2) is 36.2 Å². The van der Waals surface area contributed by atoms with Crippen LogP contribution in [0.1, 0.15) is 24.8 Å². The molecular formula is C15H21NO3. The summed E-state index contributed by atoms with van der Waals surface area (Å²) >= 11 is 0. The molecule has 1 fully saturated rings. The van der Waals surface area contributed by atoms with Gasteiger partial charge in [-0.1, -0.05) is 12.1 Å². The zero-order chi connectivity index (χ0) is 13.7. The van der Waals surface area contributed by atoms with Crippen molar-refractivity contribution < 1.29 is 14.6 Å². The van der Waals surface area contributed by atoms with Crippen LogP contribution in [0.2, 0.25) is 0 Å². The average molecular weight is 263 g/mol. The SMILES string of the molecule is COc1cccc(CN2CCCC(CC(=O)O)C2)c1. The van der Waals surface area contributed by atoms with Gasteiger partial charge in [-0.05, 0) is 43.0 Å². The Kier molecular flexibility index (Phi) is 4.80. The second kappa shape index (κ2) is 6.57. The highest BCUT2D eigenvalue weighted by Crippen LogP contribution is 2.22. The standard InChI is InChI=1S/C15H21NO3/c1-19-14-6-2-4-12(8-14)10-16-7-3-5-13(11-16)9-15(17)18/h2,4,6,8,13H,3,5,7,9-11H2,1H3,(H,17,18). The molecule has 1 aliphatic heterocycles. The monoisotopic (exact) mass is 263 g/mol. The highest BCUT2D eigenvalue weighted by atomic mass is 16.5. The summed E-state index contributed by atoms with van der Waals surface area (Å²) in [5.41, 5.74) is 1.22. The molecule has 4 heteroatoms. The lowest BCUT2D eigenvalue weighted by atomic mass is 9.94. The van der Waals surface area contributed by atoms with Crippen molar-refractivity contribution >= 4 is 5.97 Å². The number of methoxy groups -OCH3 is 1. The topological polar surface area (TPSA) is 49.8 Å². The quantitative estimate of drug-likeness (QED) is 0.886. The van der Waals surface area contributed by atoms with Gasteiger partial charge in [0.05, 0.1) is 7.11 Å². The van der Waals surface area contributed by atoms with Gasteiger partial charge in [0.1, 0.15) is 5.75 Å². The van der Waals surface area contributed by atoms with E-state index in [0.29, 0.717) is 0 Å². The van der Waals surface area contributed by atoms with Crippen molar-refractivity contribution in [1.82, 2.24) is 4.90 Å². The number of carboxylic acids is 1. The van der Waals surface area contributed by atoms with E-state index in [4.69, 9.17) is 9.84 Å². The van der Waals surface area contributed by atoms with Crippen molar-refractivity contribution in [3.05, 3.63) is 29.8 Å². The zero-order valence-electron chi connectivity index (χ0n) is 11.3. The van der Waals surface area contributed by atoms with E-state index in [9.17, 15) is 4.79 Å². The summed E-state index contributed by atoms with van der Waals surface area (Å²) < 4.78 is 5.22. The number of carboxylic acid groups (broad SMARTS) is 1. The van der Waals surface area contributed by atoms with Gasteiger partial charge in [0.2, 0.25) is 0 Å².